The lowest BCUT2D eigenvalue weighted by molar-refractivity contribution is -0.305. The molecule has 0 spiro atoms. The Labute approximate surface area is 433 Å². The van der Waals surface area contributed by atoms with Crippen molar-refractivity contribution in [2.75, 3.05) is 13.2 Å². The first-order valence-corrected chi connectivity index (χ1v) is 29.1. The second kappa shape index (κ2) is 48.3. The van der Waals surface area contributed by atoms with Crippen LogP contribution in [0.15, 0.2) is 60.8 Å². The van der Waals surface area contributed by atoms with Crippen LogP contribution >= 0.6 is 0 Å². The number of rotatable bonds is 48. The van der Waals surface area contributed by atoms with E-state index in [9.17, 15) is 35.1 Å². The molecule has 0 bridgehead atoms. The number of aliphatic hydroxyl groups excluding tert-OH is 5. The molecule has 0 radical (unpaired) electrons. The Bertz CT molecular complexity index is 1380. The summed E-state index contributed by atoms with van der Waals surface area (Å²) in [6.07, 6.45) is 48.3. The number of ether oxygens (including phenoxy) is 3. The molecule has 0 aromatic carbocycles. The van der Waals surface area contributed by atoms with Gasteiger partial charge in [0.25, 0.3) is 0 Å². The second-order valence-electron chi connectivity index (χ2n) is 20.0. The third-order valence-corrected chi connectivity index (χ3v) is 13.4. The summed E-state index contributed by atoms with van der Waals surface area (Å²) in [4.78, 5) is 26.4. The number of esters is 1. The number of aliphatic hydroxyl groups is 5. The maximum absolute atomic E-state index is 13.4. The number of allylic oxidation sites excluding steroid dienone is 9. The molecule has 1 fully saturated rings. The number of hydrogen-bond acceptors (Lipinski definition) is 10. The van der Waals surface area contributed by atoms with E-state index in [1.54, 1.807) is 6.08 Å². The third kappa shape index (κ3) is 36.9. The fourth-order valence-electron chi connectivity index (χ4n) is 8.71. The first-order valence-electron chi connectivity index (χ1n) is 29.1. The van der Waals surface area contributed by atoms with Gasteiger partial charge in [0.1, 0.15) is 24.4 Å². The standard InChI is InChI=1S/C60H107NO10/c1-4-7-10-13-16-19-22-24-26-28-29-32-35-38-41-44-47-53(64)59(68)61-51(52(63)46-43-40-37-34-31-21-18-15-12-9-6-3)50-69-60-58(57(67)56(66)54(49-62)70-60)71-55(65)48-45-42-39-36-33-30-27-25-23-20-17-14-11-8-5-2/h16,19-20,23-24,26,29,32,43,46,51-54,56-58,60,62-64,66-67H,4-15,17-18,21-22,25,27-28,30-31,33-42,44-45,47-50H2,1-3H3,(H,61,68)/b19-16-,23-20-,26-24-,32-29-,46-43+. The Hall–Kier alpha value is -2.64. The van der Waals surface area contributed by atoms with Crippen molar-refractivity contribution in [3.05, 3.63) is 60.8 Å². The van der Waals surface area contributed by atoms with Gasteiger partial charge in [0.15, 0.2) is 12.4 Å². The number of carbonyl (C=O) groups excluding carboxylic acids is 2. The summed E-state index contributed by atoms with van der Waals surface area (Å²) in [5, 5.41) is 56.8. The van der Waals surface area contributed by atoms with E-state index in [1.807, 2.05) is 6.08 Å². The molecule has 0 saturated carbocycles. The zero-order chi connectivity index (χ0) is 51.8. The zero-order valence-corrected chi connectivity index (χ0v) is 45.3. The highest BCUT2D eigenvalue weighted by atomic mass is 16.7. The lowest BCUT2D eigenvalue weighted by Gasteiger charge is -2.41. The van der Waals surface area contributed by atoms with Gasteiger partial charge in [0.2, 0.25) is 5.91 Å². The van der Waals surface area contributed by atoms with E-state index in [-0.39, 0.29) is 19.4 Å². The van der Waals surface area contributed by atoms with Crippen LogP contribution in [0, 0.1) is 0 Å². The van der Waals surface area contributed by atoms with Gasteiger partial charge in [0.05, 0.1) is 25.4 Å². The maximum Gasteiger partial charge on any atom is 0.306 e. The predicted molar refractivity (Wildman–Crippen MR) is 292 cm³/mol. The van der Waals surface area contributed by atoms with Crippen molar-refractivity contribution in [1.29, 1.82) is 0 Å². The fourth-order valence-corrected chi connectivity index (χ4v) is 8.71. The van der Waals surface area contributed by atoms with Gasteiger partial charge in [0, 0.05) is 6.42 Å². The van der Waals surface area contributed by atoms with Gasteiger partial charge in [-0.25, -0.2) is 0 Å². The van der Waals surface area contributed by atoms with Crippen LogP contribution in [0.2, 0.25) is 0 Å². The number of amides is 1. The Balaban J connectivity index is 2.74. The fraction of sp³-hybridized carbons (Fsp3) is 0.800. The lowest BCUT2D eigenvalue weighted by Crippen LogP contribution is -2.61. The average molecular weight is 1000 g/mol. The monoisotopic (exact) mass is 1000 g/mol. The Kier molecular flexibility index (Phi) is 45.2. The number of nitrogens with one attached hydrogen (secondary N) is 1. The van der Waals surface area contributed by atoms with Gasteiger partial charge < -0.3 is 45.1 Å². The minimum atomic E-state index is -1.62. The molecule has 412 valence electrons. The molecule has 71 heavy (non-hydrogen) atoms. The van der Waals surface area contributed by atoms with Crippen molar-refractivity contribution < 1.29 is 49.3 Å². The molecule has 1 heterocycles. The molecule has 11 nitrogen and oxygen atoms in total. The van der Waals surface area contributed by atoms with Crippen molar-refractivity contribution >= 4 is 11.9 Å². The molecule has 6 N–H and O–H groups in total. The summed E-state index contributed by atoms with van der Waals surface area (Å²) in [7, 11) is 0. The second-order valence-corrected chi connectivity index (χ2v) is 20.0. The van der Waals surface area contributed by atoms with E-state index in [1.165, 1.54) is 109 Å². The SMILES string of the molecule is CCCCC/C=C\C/C=C\C/C=C\CCCCCC(O)C(=O)NC(COC1OC(CO)C(O)C(O)C1OC(=O)CCCCCCCCC/C=C\CCCCCC)C(O)/C=C/CCCCCCCCCCC. The third-order valence-electron chi connectivity index (χ3n) is 13.4. The van der Waals surface area contributed by atoms with Gasteiger partial charge in [-0.15, -0.1) is 0 Å². The summed E-state index contributed by atoms with van der Waals surface area (Å²) in [5.74, 6) is -1.22. The van der Waals surface area contributed by atoms with Crippen molar-refractivity contribution in [1.82, 2.24) is 5.32 Å². The largest absolute Gasteiger partial charge is 0.454 e. The van der Waals surface area contributed by atoms with E-state index < -0.39 is 67.4 Å². The maximum atomic E-state index is 13.4. The highest BCUT2D eigenvalue weighted by Crippen LogP contribution is 2.26. The average Bonchev–Trinajstić information content (AvgIpc) is 3.37. The molecule has 1 rings (SSSR count). The molecule has 8 unspecified atom stereocenters. The molecule has 0 aromatic heterocycles. The summed E-state index contributed by atoms with van der Waals surface area (Å²) in [5.41, 5.74) is 0. The Morgan fingerprint density at radius 3 is 1.51 bits per heavy atom. The molecular formula is C60H107NO10. The van der Waals surface area contributed by atoms with E-state index in [0.717, 1.165) is 89.9 Å². The lowest BCUT2D eigenvalue weighted by atomic mass is 9.99. The summed E-state index contributed by atoms with van der Waals surface area (Å²) in [6, 6.07) is -1.04. The first kappa shape index (κ1) is 66.4. The van der Waals surface area contributed by atoms with Crippen LogP contribution in [0.25, 0.3) is 0 Å². The highest BCUT2D eigenvalue weighted by Gasteiger charge is 2.47. The Morgan fingerprint density at radius 2 is 0.972 bits per heavy atom. The van der Waals surface area contributed by atoms with Gasteiger partial charge in [-0.1, -0.05) is 210 Å². The van der Waals surface area contributed by atoms with Crippen LogP contribution in [0.3, 0.4) is 0 Å². The minimum absolute atomic E-state index is 0.115. The van der Waals surface area contributed by atoms with Crippen LogP contribution in [-0.2, 0) is 23.8 Å². The van der Waals surface area contributed by atoms with Crippen LogP contribution in [0.4, 0.5) is 0 Å². The molecule has 1 amide bonds. The van der Waals surface area contributed by atoms with E-state index in [2.05, 4.69) is 74.7 Å². The number of hydrogen-bond donors (Lipinski definition) is 6. The van der Waals surface area contributed by atoms with Crippen molar-refractivity contribution in [2.24, 2.45) is 0 Å². The van der Waals surface area contributed by atoms with Gasteiger partial charge in [-0.05, 0) is 89.9 Å². The van der Waals surface area contributed by atoms with Crippen LogP contribution in [-0.4, -0.2) is 99.6 Å². The molecule has 1 saturated heterocycles. The molecule has 1 aliphatic heterocycles. The van der Waals surface area contributed by atoms with Gasteiger partial charge in [-0.3, -0.25) is 9.59 Å². The molecule has 11 heteroatoms. The summed E-state index contributed by atoms with van der Waals surface area (Å²) in [6.45, 7) is 5.71. The summed E-state index contributed by atoms with van der Waals surface area (Å²) >= 11 is 0. The minimum Gasteiger partial charge on any atom is -0.454 e. The zero-order valence-electron chi connectivity index (χ0n) is 45.3. The first-order chi connectivity index (χ1) is 34.7. The molecule has 1 aliphatic rings. The topological polar surface area (TPSA) is 175 Å². The van der Waals surface area contributed by atoms with E-state index >= 15 is 0 Å². The van der Waals surface area contributed by atoms with Crippen LogP contribution in [0.1, 0.15) is 245 Å². The molecule has 0 aromatic rings. The normalized spacial score (nSPS) is 20.0. The molecular weight excluding hydrogens is 895 g/mol. The van der Waals surface area contributed by atoms with Crippen molar-refractivity contribution in [3.8, 4) is 0 Å². The quantitative estimate of drug-likeness (QED) is 0.0196. The molecule has 0 aliphatic carbocycles. The van der Waals surface area contributed by atoms with E-state index in [4.69, 9.17) is 14.2 Å². The summed E-state index contributed by atoms with van der Waals surface area (Å²) < 4.78 is 17.6. The van der Waals surface area contributed by atoms with Crippen molar-refractivity contribution in [2.45, 2.75) is 294 Å². The predicted octanol–water partition coefficient (Wildman–Crippen LogP) is 13.1. The van der Waals surface area contributed by atoms with E-state index in [0.29, 0.717) is 12.8 Å². The number of unbranched alkanes of at least 4 members (excludes halogenated alkanes) is 26. The number of carbonyl (C=O) groups is 2. The van der Waals surface area contributed by atoms with Crippen molar-refractivity contribution in [3.63, 3.8) is 0 Å². The van der Waals surface area contributed by atoms with Crippen LogP contribution < -0.4 is 5.32 Å². The van der Waals surface area contributed by atoms with Crippen LogP contribution in [0.5, 0.6) is 0 Å². The smallest absolute Gasteiger partial charge is 0.306 e. The van der Waals surface area contributed by atoms with Gasteiger partial charge in [-0.2, -0.15) is 0 Å². The molecule has 8 atom stereocenters. The highest BCUT2D eigenvalue weighted by molar-refractivity contribution is 5.80. The Morgan fingerprint density at radius 1 is 0.549 bits per heavy atom. The van der Waals surface area contributed by atoms with Gasteiger partial charge >= 0.3 is 5.97 Å².